The predicted octanol–water partition coefficient (Wildman–Crippen LogP) is 2.76. The highest BCUT2D eigenvalue weighted by Gasteiger charge is 2.27. The quantitative estimate of drug-likeness (QED) is 0.670. The Hall–Kier alpha value is -2.78. The molecular formula is C16H12BrN3O5. The van der Waals surface area contributed by atoms with Crippen LogP contribution in [0.15, 0.2) is 40.9 Å². The van der Waals surface area contributed by atoms with E-state index in [-0.39, 0.29) is 5.88 Å². The fourth-order valence-electron chi connectivity index (χ4n) is 2.25. The summed E-state index contributed by atoms with van der Waals surface area (Å²) in [6, 6.07) is 10.9. The average Bonchev–Trinajstić information content (AvgIpc) is 2.97. The minimum absolute atomic E-state index is 0.315. The van der Waals surface area contributed by atoms with E-state index in [0.29, 0.717) is 10.4 Å². The second-order valence-electron chi connectivity index (χ2n) is 5.23. The summed E-state index contributed by atoms with van der Waals surface area (Å²) in [5, 5.41) is 28.1. The van der Waals surface area contributed by atoms with Gasteiger partial charge in [-0.05, 0) is 42.0 Å². The van der Waals surface area contributed by atoms with E-state index < -0.39 is 23.7 Å². The van der Waals surface area contributed by atoms with Crippen LogP contribution in [0.4, 0.5) is 0 Å². The van der Waals surface area contributed by atoms with E-state index in [1.165, 1.54) is 0 Å². The minimum atomic E-state index is -1.75. The number of fused-ring (bicyclic) bond motifs is 1. The summed E-state index contributed by atoms with van der Waals surface area (Å²) < 4.78 is 7.05. The Bertz CT molecular complexity index is 985. The molecule has 1 heterocycles. The first kappa shape index (κ1) is 17.1. The molecule has 0 aliphatic carbocycles. The summed E-state index contributed by atoms with van der Waals surface area (Å²) in [7, 11) is 0. The van der Waals surface area contributed by atoms with Crippen LogP contribution in [0.1, 0.15) is 23.6 Å². The van der Waals surface area contributed by atoms with Crippen molar-refractivity contribution in [1.29, 1.82) is 0 Å². The maximum atomic E-state index is 11.5. The highest BCUT2D eigenvalue weighted by Crippen LogP contribution is 2.28. The Morgan fingerprint density at radius 1 is 1.20 bits per heavy atom. The van der Waals surface area contributed by atoms with Crippen LogP contribution in [-0.4, -0.2) is 37.0 Å². The summed E-state index contributed by atoms with van der Waals surface area (Å²) in [6.45, 7) is 1.11. The zero-order valence-corrected chi connectivity index (χ0v) is 14.5. The van der Waals surface area contributed by atoms with Gasteiger partial charge in [-0.25, -0.2) is 4.79 Å². The van der Waals surface area contributed by atoms with E-state index in [9.17, 15) is 19.8 Å². The molecule has 0 saturated carbocycles. The molecule has 3 rings (SSSR count). The van der Waals surface area contributed by atoms with E-state index in [1.54, 1.807) is 12.1 Å². The first-order valence-corrected chi connectivity index (χ1v) is 7.90. The number of carboxylic acid groups (broad SMARTS) is 1. The molecule has 0 aliphatic heterocycles. The van der Waals surface area contributed by atoms with Crippen LogP contribution in [0, 0.1) is 0 Å². The van der Waals surface area contributed by atoms with Crippen LogP contribution in [0.25, 0.3) is 10.8 Å². The number of aliphatic hydroxyl groups excluding tert-OH is 1. The SMILES string of the molecule is CC(=O)C(O)n1nnc(Oc2ccc3cc(Br)ccc3c2)c1C(=O)O. The maximum Gasteiger partial charge on any atom is 0.360 e. The molecule has 0 radical (unpaired) electrons. The van der Waals surface area contributed by atoms with Gasteiger partial charge in [-0.2, -0.15) is 4.68 Å². The van der Waals surface area contributed by atoms with Crippen molar-refractivity contribution in [3.8, 4) is 11.6 Å². The number of carboxylic acids is 1. The molecule has 2 aromatic carbocycles. The number of carbonyl (C=O) groups excluding carboxylic acids is 1. The van der Waals surface area contributed by atoms with Crippen molar-refractivity contribution in [3.05, 3.63) is 46.6 Å². The lowest BCUT2D eigenvalue weighted by Crippen LogP contribution is -2.22. The van der Waals surface area contributed by atoms with Crippen molar-refractivity contribution < 1.29 is 24.5 Å². The third kappa shape index (κ3) is 3.37. The molecule has 0 aliphatic rings. The van der Waals surface area contributed by atoms with E-state index >= 15 is 0 Å². The average molecular weight is 406 g/mol. The first-order chi connectivity index (χ1) is 11.9. The fraction of sp³-hybridized carbons (Fsp3) is 0.125. The van der Waals surface area contributed by atoms with Crippen LogP contribution in [0.2, 0.25) is 0 Å². The van der Waals surface area contributed by atoms with E-state index in [0.717, 1.165) is 22.2 Å². The second-order valence-corrected chi connectivity index (χ2v) is 6.15. The molecule has 2 N–H and O–H groups in total. The number of aromatic carboxylic acids is 1. The molecule has 128 valence electrons. The lowest BCUT2D eigenvalue weighted by atomic mass is 10.1. The van der Waals surface area contributed by atoms with Gasteiger partial charge in [-0.1, -0.05) is 38.4 Å². The molecule has 1 aromatic heterocycles. The Morgan fingerprint density at radius 3 is 2.56 bits per heavy atom. The summed E-state index contributed by atoms with van der Waals surface area (Å²) >= 11 is 3.39. The van der Waals surface area contributed by atoms with E-state index in [4.69, 9.17) is 4.74 Å². The molecule has 3 aromatic rings. The predicted molar refractivity (Wildman–Crippen MR) is 90.6 cm³/mol. The van der Waals surface area contributed by atoms with Crippen molar-refractivity contribution in [2.45, 2.75) is 13.2 Å². The number of carbonyl (C=O) groups is 2. The number of benzene rings is 2. The van der Waals surface area contributed by atoms with Gasteiger partial charge in [0.15, 0.2) is 5.78 Å². The third-order valence-corrected chi connectivity index (χ3v) is 3.94. The van der Waals surface area contributed by atoms with Crippen molar-refractivity contribution in [2.24, 2.45) is 0 Å². The summed E-state index contributed by atoms with van der Waals surface area (Å²) in [4.78, 5) is 22.7. The highest BCUT2D eigenvalue weighted by molar-refractivity contribution is 9.10. The van der Waals surface area contributed by atoms with Crippen LogP contribution >= 0.6 is 15.9 Å². The largest absolute Gasteiger partial charge is 0.476 e. The molecule has 0 bridgehead atoms. The van der Waals surface area contributed by atoms with Crippen molar-refractivity contribution >= 4 is 38.5 Å². The Balaban J connectivity index is 1.99. The van der Waals surface area contributed by atoms with Gasteiger partial charge in [0, 0.05) is 4.47 Å². The minimum Gasteiger partial charge on any atom is -0.476 e. The van der Waals surface area contributed by atoms with Gasteiger partial charge >= 0.3 is 5.97 Å². The second kappa shape index (κ2) is 6.61. The van der Waals surface area contributed by atoms with Crippen LogP contribution in [0.3, 0.4) is 0 Å². The maximum absolute atomic E-state index is 11.5. The topological polar surface area (TPSA) is 115 Å². The van der Waals surface area contributed by atoms with Gasteiger partial charge in [0.25, 0.3) is 5.88 Å². The lowest BCUT2D eigenvalue weighted by Gasteiger charge is -2.09. The molecule has 0 saturated heterocycles. The number of ketones is 1. The Morgan fingerprint density at radius 2 is 1.88 bits per heavy atom. The number of rotatable bonds is 5. The zero-order chi connectivity index (χ0) is 18.1. The van der Waals surface area contributed by atoms with Crippen LogP contribution < -0.4 is 4.74 Å². The molecule has 0 fully saturated rings. The van der Waals surface area contributed by atoms with Crippen molar-refractivity contribution in [1.82, 2.24) is 15.0 Å². The third-order valence-electron chi connectivity index (χ3n) is 3.45. The molecule has 1 atom stereocenters. The van der Waals surface area contributed by atoms with Crippen molar-refractivity contribution in [3.63, 3.8) is 0 Å². The molecule has 0 amide bonds. The number of hydrogen-bond acceptors (Lipinski definition) is 6. The number of aliphatic hydroxyl groups is 1. The van der Waals surface area contributed by atoms with E-state index in [1.807, 2.05) is 24.3 Å². The number of hydrogen-bond donors (Lipinski definition) is 2. The summed E-state index contributed by atoms with van der Waals surface area (Å²) in [5.74, 6) is -2.06. The standard InChI is InChI=1S/C16H12BrN3O5/c1-8(21)15(22)20-13(16(23)24)14(18-19-20)25-12-5-3-9-6-11(17)4-2-10(9)7-12/h2-7,15,22H,1H3,(H,23,24). The number of nitrogens with zero attached hydrogens (tertiary/aromatic N) is 3. The van der Waals surface area contributed by atoms with Gasteiger partial charge < -0.3 is 14.9 Å². The van der Waals surface area contributed by atoms with Gasteiger partial charge in [-0.3, -0.25) is 4.79 Å². The Labute approximate surface area is 149 Å². The highest BCUT2D eigenvalue weighted by atomic mass is 79.9. The van der Waals surface area contributed by atoms with E-state index in [2.05, 4.69) is 26.2 Å². The number of halogens is 1. The molecule has 9 heteroatoms. The van der Waals surface area contributed by atoms with Crippen molar-refractivity contribution in [2.75, 3.05) is 0 Å². The van der Waals surface area contributed by atoms with Crippen LogP contribution in [0.5, 0.6) is 11.6 Å². The van der Waals surface area contributed by atoms with Gasteiger partial charge in [0.05, 0.1) is 0 Å². The van der Waals surface area contributed by atoms with Gasteiger partial charge in [0.2, 0.25) is 11.9 Å². The number of ether oxygens (including phenoxy) is 1. The fourth-order valence-corrected chi connectivity index (χ4v) is 2.63. The summed E-state index contributed by atoms with van der Waals surface area (Å²) in [5.41, 5.74) is -0.515. The molecular weight excluding hydrogens is 394 g/mol. The molecule has 25 heavy (non-hydrogen) atoms. The number of aromatic nitrogens is 3. The molecule has 8 nitrogen and oxygen atoms in total. The molecule has 1 unspecified atom stereocenters. The Kier molecular flexibility index (Phi) is 4.51. The van der Waals surface area contributed by atoms with Gasteiger partial charge in [0.1, 0.15) is 5.75 Å². The molecule has 0 spiro atoms. The monoisotopic (exact) mass is 405 g/mol. The number of Topliss-reactive ketones (excluding diaryl/α,β-unsaturated/α-hetero) is 1. The summed E-state index contributed by atoms with van der Waals surface area (Å²) in [6.07, 6.45) is -1.75. The van der Waals surface area contributed by atoms with Crippen LogP contribution in [-0.2, 0) is 4.79 Å². The lowest BCUT2D eigenvalue weighted by molar-refractivity contribution is -0.130. The van der Waals surface area contributed by atoms with Gasteiger partial charge in [-0.15, -0.1) is 0 Å². The zero-order valence-electron chi connectivity index (χ0n) is 12.9. The normalized spacial score (nSPS) is 12.1. The first-order valence-electron chi connectivity index (χ1n) is 7.11. The smallest absolute Gasteiger partial charge is 0.360 e.